The first-order valence-corrected chi connectivity index (χ1v) is 9.63. The average molecular weight is 323 g/mol. The van der Waals surface area contributed by atoms with Gasteiger partial charge in [0.15, 0.2) is 9.84 Å². The van der Waals surface area contributed by atoms with Crippen molar-refractivity contribution in [1.82, 2.24) is 4.90 Å². The molecule has 1 aromatic carbocycles. The van der Waals surface area contributed by atoms with Gasteiger partial charge in [-0.15, -0.1) is 0 Å². The maximum atomic E-state index is 12.3. The quantitative estimate of drug-likeness (QED) is 0.833. The number of likely N-dealkylation sites (N-methyl/N-ethyl adjacent to an activating group) is 1. The molecule has 1 amide bonds. The maximum absolute atomic E-state index is 12.3. The van der Waals surface area contributed by atoms with Crippen LogP contribution in [0.15, 0.2) is 24.3 Å². The van der Waals surface area contributed by atoms with Crippen LogP contribution >= 0.6 is 0 Å². The lowest BCUT2D eigenvalue weighted by Gasteiger charge is -2.23. The lowest BCUT2D eigenvalue weighted by molar-refractivity contribution is -0.130. The lowest BCUT2D eigenvalue weighted by Crippen LogP contribution is -2.38. The summed E-state index contributed by atoms with van der Waals surface area (Å²) >= 11 is 0. The van der Waals surface area contributed by atoms with Gasteiger partial charge in [0.2, 0.25) is 5.91 Å². The van der Waals surface area contributed by atoms with E-state index in [9.17, 15) is 13.2 Å². The third-order valence-electron chi connectivity index (χ3n) is 4.17. The third-order valence-corrected chi connectivity index (χ3v) is 5.92. The number of benzene rings is 1. The summed E-state index contributed by atoms with van der Waals surface area (Å²) in [6.07, 6.45) is 1.92. The van der Waals surface area contributed by atoms with Crippen LogP contribution in [0.1, 0.15) is 31.4 Å². The molecule has 1 heterocycles. The lowest BCUT2D eigenvalue weighted by atomic mass is 10.0. The summed E-state index contributed by atoms with van der Waals surface area (Å²) in [6, 6.07) is 7.97. The zero-order valence-corrected chi connectivity index (χ0v) is 14.4. The van der Waals surface area contributed by atoms with E-state index in [2.05, 4.69) is 26.0 Å². The molecule has 2 rings (SSSR count). The van der Waals surface area contributed by atoms with E-state index in [1.54, 1.807) is 11.9 Å². The first-order chi connectivity index (χ1) is 10.3. The van der Waals surface area contributed by atoms with Crippen molar-refractivity contribution in [3.63, 3.8) is 0 Å². The number of rotatable bonds is 5. The Kier molecular flexibility index (Phi) is 5.27. The van der Waals surface area contributed by atoms with Gasteiger partial charge in [-0.1, -0.05) is 38.1 Å². The van der Waals surface area contributed by atoms with Gasteiger partial charge in [0, 0.05) is 13.1 Å². The molecule has 1 fully saturated rings. The number of carbonyl (C=O) groups excluding carboxylic acids is 1. The molecule has 0 N–H and O–H groups in total. The van der Waals surface area contributed by atoms with E-state index >= 15 is 0 Å². The van der Waals surface area contributed by atoms with Crippen LogP contribution in [-0.4, -0.2) is 43.8 Å². The van der Waals surface area contributed by atoms with Crippen LogP contribution in [0.25, 0.3) is 0 Å². The Morgan fingerprint density at radius 1 is 1.23 bits per heavy atom. The SMILES string of the molecule is CC(C)Cc1ccc(CC(=O)N(C)C2CCS(=O)(=O)C2)cc1. The van der Waals surface area contributed by atoms with E-state index in [4.69, 9.17) is 0 Å². The van der Waals surface area contributed by atoms with Gasteiger partial charge in [-0.3, -0.25) is 4.79 Å². The van der Waals surface area contributed by atoms with Crippen LogP contribution in [0.4, 0.5) is 0 Å². The Bertz CT molecular complexity index is 620. The molecular weight excluding hydrogens is 298 g/mol. The zero-order valence-electron chi connectivity index (χ0n) is 13.6. The van der Waals surface area contributed by atoms with Crippen molar-refractivity contribution in [3.05, 3.63) is 35.4 Å². The summed E-state index contributed by atoms with van der Waals surface area (Å²) in [6.45, 7) is 4.37. The Balaban J connectivity index is 1.94. The minimum atomic E-state index is -2.96. The molecule has 122 valence electrons. The number of amides is 1. The summed E-state index contributed by atoms with van der Waals surface area (Å²) < 4.78 is 23.0. The van der Waals surface area contributed by atoms with Crippen molar-refractivity contribution < 1.29 is 13.2 Å². The van der Waals surface area contributed by atoms with Gasteiger partial charge in [0.25, 0.3) is 0 Å². The van der Waals surface area contributed by atoms with E-state index < -0.39 is 9.84 Å². The fourth-order valence-corrected chi connectivity index (χ4v) is 4.62. The monoisotopic (exact) mass is 323 g/mol. The number of carbonyl (C=O) groups is 1. The molecule has 1 saturated heterocycles. The van der Waals surface area contributed by atoms with Crippen molar-refractivity contribution >= 4 is 15.7 Å². The summed E-state index contributed by atoms with van der Waals surface area (Å²) in [4.78, 5) is 13.9. The second kappa shape index (κ2) is 6.82. The van der Waals surface area contributed by atoms with Crippen LogP contribution in [0.2, 0.25) is 0 Å². The van der Waals surface area contributed by atoms with E-state index in [1.807, 2.05) is 12.1 Å². The molecular formula is C17H25NO3S. The highest BCUT2D eigenvalue weighted by Crippen LogP contribution is 2.18. The number of hydrogen-bond donors (Lipinski definition) is 0. The standard InChI is InChI=1S/C17H25NO3S/c1-13(2)10-14-4-6-15(7-5-14)11-17(19)18(3)16-8-9-22(20,21)12-16/h4-7,13,16H,8-12H2,1-3H3. The van der Waals surface area contributed by atoms with Crippen molar-refractivity contribution in [3.8, 4) is 0 Å². The highest BCUT2D eigenvalue weighted by Gasteiger charge is 2.32. The topological polar surface area (TPSA) is 54.5 Å². The van der Waals surface area contributed by atoms with E-state index in [0.29, 0.717) is 18.8 Å². The zero-order chi connectivity index (χ0) is 16.3. The summed E-state index contributed by atoms with van der Waals surface area (Å²) in [5, 5.41) is 0. The largest absolute Gasteiger partial charge is 0.341 e. The molecule has 22 heavy (non-hydrogen) atoms. The molecule has 1 aliphatic rings. The van der Waals surface area contributed by atoms with Crippen LogP contribution in [0.3, 0.4) is 0 Å². The molecule has 0 spiro atoms. The van der Waals surface area contributed by atoms with Gasteiger partial charge in [-0.25, -0.2) is 8.42 Å². The van der Waals surface area contributed by atoms with Crippen molar-refractivity contribution in [1.29, 1.82) is 0 Å². The normalized spacial score (nSPS) is 20.3. The number of sulfone groups is 1. The second-order valence-corrected chi connectivity index (χ2v) is 8.88. The highest BCUT2D eigenvalue weighted by molar-refractivity contribution is 7.91. The molecule has 1 aromatic rings. The van der Waals surface area contributed by atoms with Gasteiger partial charge in [-0.05, 0) is 29.9 Å². The molecule has 0 aliphatic carbocycles. The minimum absolute atomic E-state index is 0.0151. The molecule has 1 aliphatic heterocycles. The molecule has 0 aromatic heterocycles. The predicted molar refractivity (Wildman–Crippen MR) is 88.5 cm³/mol. The van der Waals surface area contributed by atoms with Gasteiger partial charge in [-0.2, -0.15) is 0 Å². The molecule has 1 unspecified atom stereocenters. The van der Waals surface area contributed by atoms with Crippen molar-refractivity contribution in [2.24, 2.45) is 5.92 Å². The molecule has 4 nitrogen and oxygen atoms in total. The van der Waals surface area contributed by atoms with Gasteiger partial charge >= 0.3 is 0 Å². The minimum Gasteiger partial charge on any atom is -0.341 e. The maximum Gasteiger partial charge on any atom is 0.227 e. The molecule has 0 bridgehead atoms. The number of nitrogens with zero attached hydrogens (tertiary/aromatic N) is 1. The van der Waals surface area contributed by atoms with Crippen molar-refractivity contribution in [2.45, 2.75) is 39.2 Å². The van der Waals surface area contributed by atoms with Gasteiger partial charge in [0.1, 0.15) is 0 Å². The predicted octanol–water partition coefficient (Wildman–Crippen LogP) is 2.07. The first kappa shape index (κ1) is 17.0. The first-order valence-electron chi connectivity index (χ1n) is 7.81. The summed E-state index contributed by atoms with van der Waals surface area (Å²) in [7, 11) is -1.25. The van der Waals surface area contributed by atoms with Gasteiger partial charge < -0.3 is 4.90 Å². The van der Waals surface area contributed by atoms with Crippen molar-refractivity contribution in [2.75, 3.05) is 18.6 Å². The van der Waals surface area contributed by atoms with Crippen LogP contribution in [0.5, 0.6) is 0 Å². The Morgan fingerprint density at radius 3 is 2.32 bits per heavy atom. The van der Waals surface area contributed by atoms with Crippen LogP contribution in [0, 0.1) is 5.92 Å². The Hall–Kier alpha value is -1.36. The molecule has 0 radical (unpaired) electrons. The molecule has 0 saturated carbocycles. The van der Waals surface area contributed by atoms with E-state index in [-0.39, 0.29) is 23.5 Å². The third kappa shape index (κ3) is 4.57. The fraction of sp³-hybridized carbons (Fsp3) is 0.588. The molecule has 1 atom stereocenters. The van der Waals surface area contributed by atoms with Crippen LogP contribution < -0.4 is 0 Å². The summed E-state index contributed by atoms with van der Waals surface area (Å²) in [5.74, 6) is 0.892. The fourth-order valence-electron chi connectivity index (χ4n) is 2.85. The highest BCUT2D eigenvalue weighted by atomic mass is 32.2. The number of hydrogen-bond acceptors (Lipinski definition) is 3. The second-order valence-electron chi connectivity index (χ2n) is 6.65. The molecule has 5 heteroatoms. The average Bonchev–Trinajstić information content (AvgIpc) is 2.80. The van der Waals surface area contributed by atoms with E-state index in [0.717, 1.165) is 12.0 Å². The van der Waals surface area contributed by atoms with Gasteiger partial charge in [0.05, 0.1) is 17.9 Å². The van der Waals surface area contributed by atoms with Crippen LogP contribution in [-0.2, 0) is 27.5 Å². The Morgan fingerprint density at radius 2 is 1.82 bits per heavy atom. The Labute approximate surface area is 133 Å². The smallest absolute Gasteiger partial charge is 0.227 e. The summed E-state index contributed by atoms with van der Waals surface area (Å²) in [5.41, 5.74) is 2.26. The van der Waals surface area contributed by atoms with E-state index in [1.165, 1.54) is 5.56 Å².